The summed E-state index contributed by atoms with van der Waals surface area (Å²) < 4.78 is 12.7. The topological polar surface area (TPSA) is 52.8 Å². The molecule has 3 nitrogen and oxygen atoms in total. The summed E-state index contributed by atoms with van der Waals surface area (Å²) >= 11 is 0. The van der Waals surface area contributed by atoms with Crippen LogP contribution in [0.1, 0.15) is 12.5 Å². The summed E-state index contributed by atoms with van der Waals surface area (Å²) in [4.78, 5) is 0. The largest absolute Gasteiger partial charge is 0.505 e. The Hall–Kier alpha value is -1.58. The van der Waals surface area contributed by atoms with E-state index in [9.17, 15) is 4.39 Å². The third-order valence-electron chi connectivity index (χ3n) is 1.52. The minimum atomic E-state index is -0.726. The van der Waals surface area contributed by atoms with Crippen LogP contribution in [0.25, 0.3) is 0 Å². The van der Waals surface area contributed by atoms with Crippen LogP contribution in [0.15, 0.2) is 23.4 Å². The molecule has 0 spiro atoms. The van der Waals surface area contributed by atoms with Crippen molar-refractivity contribution in [3.63, 3.8) is 0 Å². The van der Waals surface area contributed by atoms with E-state index in [4.69, 9.17) is 10.3 Å². The monoisotopic (exact) mass is 169 g/mol. The molecule has 0 unspecified atom stereocenters. The molecule has 0 amide bonds. The average molecular weight is 169 g/mol. The normalized spacial score (nSPS) is 11.7. The molecule has 0 heterocycles. The quantitative estimate of drug-likeness (QED) is 0.382. The molecule has 0 saturated carbocycles. The summed E-state index contributed by atoms with van der Waals surface area (Å²) in [6.07, 6.45) is 0. The van der Waals surface area contributed by atoms with Gasteiger partial charge in [-0.1, -0.05) is 5.16 Å². The zero-order valence-electron chi connectivity index (χ0n) is 6.45. The fraction of sp³-hybridized carbons (Fsp3) is 0.125. The van der Waals surface area contributed by atoms with E-state index in [2.05, 4.69) is 5.16 Å². The van der Waals surface area contributed by atoms with Crippen molar-refractivity contribution in [1.29, 1.82) is 0 Å². The lowest BCUT2D eigenvalue weighted by molar-refractivity contribution is 0.319. The third kappa shape index (κ3) is 1.53. The van der Waals surface area contributed by atoms with Crippen LogP contribution in [0.2, 0.25) is 0 Å². The van der Waals surface area contributed by atoms with Crippen molar-refractivity contribution in [3.05, 3.63) is 29.6 Å². The Kier molecular flexibility index (Phi) is 2.28. The SMILES string of the molecule is C/C(=N\O)c1ccc(O)c(F)c1. The van der Waals surface area contributed by atoms with E-state index >= 15 is 0 Å². The molecule has 12 heavy (non-hydrogen) atoms. The fourth-order valence-electron chi connectivity index (χ4n) is 0.790. The first-order chi connectivity index (χ1) is 5.65. The Bertz CT molecular complexity index is 323. The maximum absolute atomic E-state index is 12.7. The Labute approximate surface area is 68.8 Å². The smallest absolute Gasteiger partial charge is 0.165 e. The molecule has 0 saturated heterocycles. The number of oxime groups is 1. The first-order valence-corrected chi connectivity index (χ1v) is 3.32. The number of phenolic OH excluding ortho intramolecular Hbond substituents is 1. The zero-order valence-corrected chi connectivity index (χ0v) is 6.45. The number of benzene rings is 1. The highest BCUT2D eigenvalue weighted by Gasteiger charge is 2.03. The number of nitrogens with zero attached hydrogens (tertiary/aromatic N) is 1. The van der Waals surface area contributed by atoms with Crippen LogP contribution in [-0.4, -0.2) is 16.0 Å². The lowest BCUT2D eigenvalue weighted by atomic mass is 10.1. The number of rotatable bonds is 1. The van der Waals surface area contributed by atoms with Crippen LogP contribution in [-0.2, 0) is 0 Å². The van der Waals surface area contributed by atoms with Crippen molar-refractivity contribution in [2.24, 2.45) is 5.16 Å². The molecule has 0 aliphatic rings. The molecule has 0 radical (unpaired) electrons. The summed E-state index contributed by atoms with van der Waals surface area (Å²) in [6, 6.07) is 3.78. The van der Waals surface area contributed by atoms with Gasteiger partial charge in [-0.2, -0.15) is 0 Å². The molecule has 0 atom stereocenters. The molecule has 1 aromatic carbocycles. The average Bonchev–Trinajstić information content (AvgIpc) is 2.08. The van der Waals surface area contributed by atoms with Crippen molar-refractivity contribution in [1.82, 2.24) is 0 Å². The molecule has 1 aromatic rings. The highest BCUT2D eigenvalue weighted by atomic mass is 19.1. The minimum absolute atomic E-state index is 0.300. The van der Waals surface area contributed by atoms with Gasteiger partial charge in [-0.3, -0.25) is 0 Å². The van der Waals surface area contributed by atoms with Crippen molar-refractivity contribution >= 4 is 5.71 Å². The first-order valence-electron chi connectivity index (χ1n) is 3.32. The second-order valence-electron chi connectivity index (χ2n) is 2.35. The van der Waals surface area contributed by atoms with Crippen molar-refractivity contribution in [2.75, 3.05) is 0 Å². The van der Waals surface area contributed by atoms with Gasteiger partial charge in [-0.25, -0.2) is 4.39 Å². The standard InChI is InChI=1S/C8H8FNO2/c1-5(10-12)6-2-3-8(11)7(9)4-6/h2-4,11-12H,1H3/b10-5+. The molecule has 64 valence electrons. The van der Waals surface area contributed by atoms with Crippen LogP contribution in [0, 0.1) is 5.82 Å². The molecule has 0 bridgehead atoms. The van der Waals surface area contributed by atoms with Gasteiger partial charge in [0.2, 0.25) is 0 Å². The summed E-state index contributed by atoms with van der Waals surface area (Å²) in [5.74, 6) is -1.14. The molecular formula is C8H8FNO2. The number of phenols is 1. The van der Waals surface area contributed by atoms with Crippen LogP contribution < -0.4 is 0 Å². The van der Waals surface area contributed by atoms with Crippen LogP contribution in [0.4, 0.5) is 4.39 Å². The molecular weight excluding hydrogens is 161 g/mol. The zero-order chi connectivity index (χ0) is 9.14. The van der Waals surface area contributed by atoms with Gasteiger partial charge in [0.15, 0.2) is 11.6 Å². The van der Waals surface area contributed by atoms with E-state index in [0.29, 0.717) is 11.3 Å². The summed E-state index contributed by atoms with van der Waals surface area (Å²) in [5.41, 5.74) is 0.738. The maximum Gasteiger partial charge on any atom is 0.165 e. The summed E-state index contributed by atoms with van der Waals surface area (Å²) in [6.45, 7) is 1.53. The Morgan fingerprint density at radius 2 is 2.17 bits per heavy atom. The molecule has 0 fully saturated rings. The maximum atomic E-state index is 12.7. The van der Waals surface area contributed by atoms with E-state index in [1.54, 1.807) is 0 Å². The van der Waals surface area contributed by atoms with E-state index in [1.807, 2.05) is 0 Å². The number of hydrogen-bond acceptors (Lipinski definition) is 3. The molecule has 4 heteroatoms. The van der Waals surface area contributed by atoms with Gasteiger partial charge in [-0.05, 0) is 25.1 Å². The molecule has 2 N–H and O–H groups in total. The molecule has 0 aromatic heterocycles. The van der Waals surface area contributed by atoms with Crippen LogP contribution >= 0.6 is 0 Å². The highest BCUT2D eigenvalue weighted by molar-refractivity contribution is 5.98. The number of halogens is 1. The van der Waals surface area contributed by atoms with Crippen molar-refractivity contribution in [2.45, 2.75) is 6.92 Å². The lowest BCUT2D eigenvalue weighted by Gasteiger charge is -1.99. The fourth-order valence-corrected chi connectivity index (χ4v) is 0.790. The van der Waals surface area contributed by atoms with E-state index in [0.717, 1.165) is 6.07 Å². The van der Waals surface area contributed by atoms with Gasteiger partial charge >= 0.3 is 0 Å². The van der Waals surface area contributed by atoms with Gasteiger partial charge in [0.1, 0.15) is 0 Å². The lowest BCUT2D eigenvalue weighted by Crippen LogP contribution is -1.94. The van der Waals surface area contributed by atoms with Crippen LogP contribution in [0.3, 0.4) is 0 Å². The summed E-state index contributed by atoms with van der Waals surface area (Å²) in [7, 11) is 0. The number of hydrogen-bond donors (Lipinski definition) is 2. The Morgan fingerprint density at radius 3 is 2.67 bits per heavy atom. The second-order valence-corrected chi connectivity index (χ2v) is 2.35. The van der Waals surface area contributed by atoms with E-state index < -0.39 is 11.6 Å². The van der Waals surface area contributed by atoms with Gasteiger partial charge < -0.3 is 10.3 Å². The van der Waals surface area contributed by atoms with Crippen LogP contribution in [0.5, 0.6) is 5.75 Å². The van der Waals surface area contributed by atoms with E-state index in [-0.39, 0.29) is 0 Å². The van der Waals surface area contributed by atoms with Crippen molar-refractivity contribution in [3.8, 4) is 5.75 Å². The van der Waals surface area contributed by atoms with Gasteiger partial charge in [-0.15, -0.1) is 0 Å². The summed E-state index contributed by atoms with van der Waals surface area (Å²) in [5, 5.41) is 20.1. The molecule has 0 aliphatic carbocycles. The van der Waals surface area contributed by atoms with Gasteiger partial charge in [0.05, 0.1) is 5.71 Å². The predicted octanol–water partition coefficient (Wildman–Crippen LogP) is 1.73. The van der Waals surface area contributed by atoms with Crippen molar-refractivity contribution < 1.29 is 14.7 Å². The van der Waals surface area contributed by atoms with Gasteiger partial charge in [0, 0.05) is 5.56 Å². The minimum Gasteiger partial charge on any atom is -0.505 e. The van der Waals surface area contributed by atoms with Gasteiger partial charge in [0.25, 0.3) is 0 Å². The number of aromatic hydroxyl groups is 1. The molecule has 1 rings (SSSR count). The van der Waals surface area contributed by atoms with E-state index in [1.165, 1.54) is 19.1 Å². The third-order valence-corrected chi connectivity index (χ3v) is 1.52. The Morgan fingerprint density at radius 1 is 1.50 bits per heavy atom. The second kappa shape index (κ2) is 3.21. The highest BCUT2D eigenvalue weighted by Crippen LogP contribution is 2.16. The Balaban J connectivity index is 3.13. The predicted molar refractivity (Wildman–Crippen MR) is 42.1 cm³/mol. The molecule has 0 aliphatic heterocycles. The first kappa shape index (κ1) is 8.52.